The molecule has 2 aromatic carbocycles. The second-order valence-electron chi connectivity index (χ2n) is 6.43. The van der Waals surface area contributed by atoms with Gasteiger partial charge >= 0.3 is 0 Å². The molecular weight excluding hydrogens is 326 g/mol. The van der Waals surface area contributed by atoms with Gasteiger partial charge in [0.25, 0.3) is 0 Å². The van der Waals surface area contributed by atoms with E-state index in [1.165, 1.54) is 5.56 Å². The van der Waals surface area contributed by atoms with Crippen LogP contribution in [-0.2, 0) is 11.3 Å². The summed E-state index contributed by atoms with van der Waals surface area (Å²) >= 11 is 0. The van der Waals surface area contributed by atoms with E-state index in [1.54, 1.807) is 11.9 Å². The molecule has 3 aromatic rings. The molecule has 1 aromatic heterocycles. The van der Waals surface area contributed by atoms with Crippen LogP contribution in [0.25, 0.3) is 11.5 Å². The van der Waals surface area contributed by atoms with Crippen LogP contribution >= 0.6 is 0 Å². The maximum absolute atomic E-state index is 12.8. The van der Waals surface area contributed by atoms with Crippen molar-refractivity contribution in [2.24, 2.45) is 0 Å². The van der Waals surface area contributed by atoms with Crippen molar-refractivity contribution in [3.63, 3.8) is 0 Å². The summed E-state index contributed by atoms with van der Waals surface area (Å²) in [4.78, 5) is 14.5. The van der Waals surface area contributed by atoms with Crippen LogP contribution in [0.15, 0.2) is 59.0 Å². The van der Waals surface area contributed by atoms with Gasteiger partial charge in [-0.3, -0.25) is 4.79 Å². The van der Waals surface area contributed by atoms with Crippen LogP contribution in [0, 0.1) is 6.92 Å². The van der Waals surface area contributed by atoms with E-state index in [9.17, 15) is 4.79 Å². The number of nitrogens with zero attached hydrogens (tertiary/aromatic N) is 3. The molecule has 5 nitrogen and oxygen atoms in total. The Labute approximate surface area is 153 Å². The lowest BCUT2D eigenvalue weighted by molar-refractivity contribution is -0.132. The summed E-state index contributed by atoms with van der Waals surface area (Å²) in [7, 11) is 1.77. The average molecular weight is 349 g/mol. The van der Waals surface area contributed by atoms with Crippen LogP contribution in [-0.4, -0.2) is 28.1 Å². The summed E-state index contributed by atoms with van der Waals surface area (Å²) in [5.74, 6) is 0.782. The SMILES string of the molecule is CC[C@H](C(=O)N(C)Cc1nnc(-c2ccc(C)cc2)o1)c1ccccc1. The molecule has 1 heterocycles. The standard InChI is InChI=1S/C21H23N3O2/c1-4-18(16-8-6-5-7-9-16)21(25)24(3)14-19-22-23-20(26-19)17-12-10-15(2)11-13-17/h5-13,18H,4,14H2,1-3H3/t18-/m0/s1. The minimum Gasteiger partial charge on any atom is -0.419 e. The van der Waals surface area contributed by atoms with Gasteiger partial charge in [0, 0.05) is 12.6 Å². The summed E-state index contributed by atoms with van der Waals surface area (Å²) < 4.78 is 5.73. The molecule has 0 aliphatic rings. The number of hydrogen-bond acceptors (Lipinski definition) is 4. The van der Waals surface area contributed by atoms with Crippen molar-refractivity contribution in [1.29, 1.82) is 0 Å². The van der Waals surface area contributed by atoms with Crippen molar-refractivity contribution in [1.82, 2.24) is 15.1 Å². The molecule has 0 saturated heterocycles. The van der Waals surface area contributed by atoms with Gasteiger partial charge in [-0.25, -0.2) is 0 Å². The predicted octanol–water partition coefficient (Wildman–Crippen LogP) is 4.20. The van der Waals surface area contributed by atoms with E-state index in [2.05, 4.69) is 10.2 Å². The van der Waals surface area contributed by atoms with E-state index in [4.69, 9.17) is 4.42 Å². The Bertz CT molecular complexity index is 856. The second-order valence-corrected chi connectivity index (χ2v) is 6.43. The minimum atomic E-state index is -0.166. The van der Waals surface area contributed by atoms with Crippen molar-refractivity contribution in [2.45, 2.75) is 32.7 Å². The van der Waals surface area contributed by atoms with E-state index in [1.807, 2.05) is 68.4 Å². The molecule has 5 heteroatoms. The van der Waals surface area contributed by atoms with Gasteiger partial charge < -0.3 is 9.32 Å². The van der Waals surface area contributed by atoms with Crippen molar-refractivity contribution in [3.8, 4) is 11.5 Å². The summed E-state index contributed by atoms with van der Waals surface area (Å²) in [6.45, 7) is 4.34. The fourth-order valence-electron chi connectivity index (χ4n) is 2.92. The molecule has 0 N–H and O–H groups in total. The third-order valence-electron chi connectivity index (χ3n) is 4.42. The van der Waals surface area contributed by atoms with Gasteiger partial charge in [-0.2, -0.15) is 0 Å². The van der Waals surface area contributed by atoms with Crippen LogP contribution in [0.4, 0.5) is 0 Å². The molecule has 0 unspecified atom stereocenters. The van der Waals surface area contributed by atoms with Gasteiger partial charge in [0.2, 0.25) is 17.7 Å². The Morgan fingerprint density at radius 1 is 1.08 bits per heavy atom. The number of carbonyl (C=O) groups is 1. The molecule has 1 amide bonds. The third kappa shape index (κ3) is 3.99. The number of amides is 1. The molecule has 0 saturated carbocycles. The monoisotopic (exact) mass is 349 g/mol. The maximum atomic E-state index is 12.8. The Balaban J connectivity index is 1.70. The van der Waals surface area contributed by atoms with Gasteiger partial charge in [-0.05, 0) is 31.0 Å². The quantitative estimate of drug-likeness (QED) is 0.669. The number of likely N-dealkylation sites (N-methyl/N-ethyl adjacent to an activating group) is 1. The largest absolute Gasteiger partial charge is 0.419 e. The molecule has 1 atom stereocenters. The third-order valence-corrected chi connectivity index (χ3v) is 4.42. The number of aromatic nitrogens is 2. The fraction of sp³-hybridized carbons (Fsp3) is 0.286. The van der Waals surface area contributed by atoms with E-state index >= 15 is 0 Å². The van der Waals surface area contributed by atoms with Gasteiger partial charge in [-0.1, -0.05) is 55.0 Å². The predicted molar refractivity (Wildman–Crippen MR) is 100 cm³/mol. The molecule has 26 heavy (non-hydrogen) atoms. The number of hydrogen-bond donors (Lipinski definition) is 0. The van der Waals surface area contributed by atoms with Crippen molar-refractivity contribution in [3.05, 3.63) is 71.6 Å². The molecule has 0 radical (unpaired) electrons. The summed E-state index contributed by atoms with van der Waals surface area (Å²) in [5.41, 5.74) is 3.07. The molecular formula is C21H23N3O2. The fourth-order valence-corrected chi connectivity index (χ4v) is 2.92. The van der Waals surface area contributed by atoms with E-state index in [-0.39, 0.29) is 11.8 Å². The van der Waals surface area contributed by atoms with Crippen molar-refractivity contribution in [2.75, 3.05) is 7.05 Å². The lowest BCUT2D eigenvalue weighted by atomic mass is 9.95. The van der Waals surface area contributed by atoms with Gasteiger partial charge in [0.1, 0.15) is 0 Å². The van der Waals surface area contributed by atoms with E-state index < -0.39 is 0 Å². The Kier molecular flexibility index (Phi) is 5.46. The highest BCUT2D eigenvalue weighted by Gasteiger charge is 2.23. The Hall–Kier alpha value is -2.95. The summed E-state index contributed by atoms with van der Waals surface area (Å²) in [6, 6.07) is 17.7. The number of rotatable bonds is 6. The molecule has 3 rings (SSSR count). The summed E-state index contributed by atoms with van der Waals surface area (Å²) in [6.07, 6.45) is 0.742. The zero-order valence-corrected chi connectivity index (χ0v) is 15.3. The smallest absolute Gasteiger partial charge is 0.247 e. The van der Waals surface area contributed by atoms with Gasteiger partial charge in [-0.15, -0.1) is 10.2 Å². The van der Waals surface area contributed by atoms with Crippen LogP contribution in [0.3, 0.4) is 0 Å². The minimum absolute atomic E-state index is 0.0498. The van der Waals surface area contributed by atoms with Gasteiger partial charge in [0.15, 0.2) is 0 Å². The van der Waals surface area contributed by atoms with Crippen molar-refractivity contribution >= 4 is 5.91 Å². The van der Waals surface area contributed by atoms with Crippen LogP contribution < -0.4 is 0 Å². The molecule has 134 valence electrons. The number of carbonyl (C=O) groups excluding carboxylic acids is 1. The van der Waals surface area contributed by atoms with E-state index in [0.717, 1.165) is 17.5 Å². The van der Waals surface area contributed by atoms with Crippen LogP contribution in [0.5, 0.6) is 0 Å². The van der Waals surface area contributed by atoms with Gasteiger partial charge in [0.05, 0.1) is 12.5 Å². The topological polar surface area (TPSA) is 59.2 Å². The first-order chi connectivity index (χ1) is 12.6. The molecule has 0 spiro atoms. The highest BCUT2D eigenvalue weighted by Crippen LogP contribution is 2.23. The number of aryl methyl sites for hydroxylation is 1. The Morgan fingerprint density at radius 2 is 1.77 bits per heavy atom. The zero-order valence-electron chi connectivity index (χ0n) is 15.3. The summed E-state index contributed by atoms with van der Waals surface area (Å²) in [5, 5.41) is 8.18. The molecule has 0 aliphatic heterocycles. The average Bonchev–Trinajstić information content (AvgIpc) is 3.12. The van der Waals surface area contributed by atoms with Crippen molar-refractivity contribution < 1.29 is 9.21 Å². The first-order valence-corrected chi connectivity index (χ1v) is 8.77. The lowest BCUT2D eigenvalue weighted by Gasteiger charge is -2.22. The second kappa shape index (κ2) is 7.95. The first-order valence-electron chi connectivity index (χ1n) is 8.77. The van der Waals surface area contributed by atoms with Crippen LogP contribution in [0.2, 0.25) is 0 Å². The van der Waals surface area contributed by atoms with E-state index in [0.29, 0.717) is 18.3 Å². The highest BCUT2D eigenvalue weighted by atomic mass is 16.4. The molecule has 0 fully saturated rings. The van der Waals surface area contributed by atoms with Crippen LogP contribution in [0.1, 0.15) is 36.3 Å². The normalized spacial score (nSPS) is 12.0. The first kappa shape index (κ1) is 17.9. The lowest BCUT2D eigenvalue weighted by Crippen LogP contribution is -2.31. The molecule has 0 aliphatic carbocycles. The maximum Gasteiger partial charge on any atom is 0.247 e. The molecule has 0 bridgehead atoms. The zero-order chi connectivity index (χ0) is 18.5. The number of benzene rings is 2. The Morgan fingerprint density at radius 3 is 2.42 bits per heavy atom. The highest BCUT2D eigenvalue weighted by molar-refractivity contribution is 5.83.